The summed E-state index contributed by atoms with van der Waals surface area (Å²) in [7, 11) is -4.44. The van der Waals surface area contributed by atoms with Gasteiger partial charge in [-0.25, -0.2) is 21.9 Å². The first-order chi connectivity index (χ1) is 20.8. The lowest BCUT2D eigenvalue weighted by molar-refractivity contribution is -0.137. The smallest absolute Gasteiger partial charge is 0.416 e. The first kappa shape index (κ1) is 31.9. The van der Waals surface area contributed by atoms with Crippen molar-refractivity contribution >= 4 is 15.9 Å². The third-order valence-corrected chi connectivity index (χ3v) is 9.16. The molecule has 2 heterocycles. The molecule has 3 aromatic rings. The average molecular weight is 638 g/mol. The van der Waals surface area contributed by atoms with E-state index in [0.717, 1.165) is 23.8 Å². The predicted octanol–water partition coefficient (Wildman–Crippen LogP) is 5.99. The fourth-order valence-electron chi connectivity index (χ4n) is 5.57. The maximum Gasteiger partial charge on any atom is 0.416 e. The first-order valence-electron chi connectivity index (χ1n) is 14.2. The van der Waals surface area contributed by atoms with Gasteiger partial charge in [0, 0.05) is 31.4 Å². The van der Waals surface area contributed by atoms with Crippen molar-refractivity contribution in [3.63, 3.8) is 0 Å². The molecule has 7 nitrogen and oxygen atoms in total. The number of fused-ring (bicyclic) bond motifs is 1. The van der Waals surface area contributed by atoms with Crippen LogP contribution in [0.5, 0.6) is 5.75 Å². The molecule has 0 bridgehead atoms. The van der Waals surface area contributed by atoms with Crippen LogP contribution in [0.2, 0.25) is 0 Å². The minimum atomic E-state index is -4.73. The molecule has 3 aromatic carbocycles. The van der Waals surface area contributed by atoms with Gasteiger partial charge in [-0.3, -0.25) is 9.69 Å². The molecule has 236 valence electrons. The summed E-state index contributed by atoms with van der Waals surface area (Å²) in [4.78, 5) is 14.4. The molecule has 1 fully saturated rings. The Labute approximate surface area is 252 Å². The molecule has 0 saturated carbocycles. The summed E-state index contributed by atoms with van der Waals surface area (Å²) in [5, 5.41) is 2.93. The second kappa shape index (κ2) is 12.8. The Morgan fingerprint density at radius 1 is 1.05 bits per heavy atom. The summed E-state index contributed by atoms with van der Waals surface area (Å²) >= 11 is 0. The van der Waals surface area contributed by atoms with Crippen LogP contribution in [-0.2, 0) is 27.5 Å². The maximum absolute atomic E-state index is 13.9. The Balaban J connectivity index is 1.29. The quantitative estimate of drug-likeness (QED) is 0.282. The number of hydrogen-bond acceptors (Lipinski definition) is 5. The number of carbonyl (C=O) groups excluding carboxylic acids is 1. The second-order valence-corrected chi connectivity index (χ2v) is 12.8. The van der Waals surface area contributed by atoms with Gasteiger partial charge in [-0.1, -0.05) is 48.5 Å². The average Bonchev–Trinajstić information content (AvgIpc) is 2.96. The number of likely N-dealkylation sites (tertiary alicyclic amines) is 1. The number of amides is 1. The molecule has 2 aliphatic heterocycles. The zero-order valence-electron chi connectivity index (χ0n) is 23.6. The number of halogens is 5. The van der Waals surface area contributed by atoms with Crippen LogP contribution in [0.4, 0.5) is 22.0 Å². The van der Waals surface area contributed by atoms with Crippen molar-refractivity contribution in [3.8, 4) is 5.75 Å². The van der Waals surface area contributed by atoms with E-state index in [0.29, 0.717) is 55.5 Å². The topological polar surface area (TPSA) is 87.7 Å². The van der Waals surface area contributed by atoms with E-state index in [4.69, 9.17) is 4.74 Å². The van der Waals surface area contributed by atoms with Crippen LogP contribution >= 0.6 is 0 Å². The third kappa shape index (κ3) is 7.93. The Kier molecular flexibility index (Phi) is 9.28. The lowest BCUT2D eigenvalue weighted by Crippen LogP contribution is -2.42. The monoisotopic (exact) mass is 637 g/mol. The van der Waals surface area contributed by atoms with E-state index in [1.165, 1.54) is 0 Å². The predicted molar refractivity (Wildman–Crippen MR) is 152 cm³/mol. The number of carbonyl (C=O) groups is 1. The van der Waals surface area contributed by atoms with Crippen molar-refractivity contribution in [1.82, 2.24) is 14.9 Å². The summed E-state index contributed by atoms with van der Waals surface area (Å²) < 4.78 is 102. The highest BCUT2D eigenvalue weighted by atomic mass is 32.2. The van der Waals surface area contributed by atoms with Crippen molar-refractivity contribution in [2.75, 3.05) is 19.7 Å². The van der Waals surface area contributed by atoms with Gasteiger partial charge in [-0.15, -0.1) is 0 Å². The van der Waals surface area contributed by atoms with Gasteiger partial charge in [0.2, 0.25) is 15.9 Å². The van der Waals surface area contributed by atoms with Crippen LogP contribution < -0.4 is 14.8 Å². The van der Waals surface area contributed by atoms with E-state index in [1.807, 2.05) is 6.07 Å². The molecule has 0 spiro atoms. The highest BCUT2D eigenvalue weighted by Gasteiger charge is 2.35. The highest BCUT2D eigenvalue weighted by molar-refractivity contribution is 7.89. The Hall–Kier alpha value is -3.55. The summed E-state index contributed by atoms with van der Waals surface area (Å²) in [6.07, 6.45) is -4.30. The number of rotatable bonds is 9. The van der Waals surface area contributed by atoms with Crippen LogP contribution in [0, 0.1) is 0 Å². The van der Waals surface area contributed by atoms with Gasteiger partial charge in [0.15, 0.2) is 0 Å². The van der Waals surface area contributed by atoms with Gasteiger partial charge >= 0.3 is 6.18 Å². The maximum atomic E-state index is 13.9. The van der Waals surface area contributed by atoms with Crippen LogP contribution in [0.15, 0.2) is 77.7 Å². The van der Waals surface area contributed by atoms with Crippen molar-refractivity contribution < 1.29 is 39.9 Å². The number of sulfonamides is 1. The van der Waals surface area contributed by atoms with Gasteiger partial charge in [0.05, 0.1) is 35.7 Å². The zero-order valence-corrected chi connectivity index (χ0v) is 24.4. The molecule has 2 atom stereocenters. The summed E-state index contributed by atoms with van der Waals surface area (Å²) in [5.74, 6) is -2.66. The number of piperidine rings is 1. The van der Waals surface area contributed by atoms with E-state index >= 15 is 0 Å². The summed E-state index contributed by atoms with van der Waals surface area (Å²) in [6, 6.07) is 15.6. The molecule has 5 rings (SSSR count). The van der Waals surface area contributed by atoms with E-state index < -0.39 is 50.6 Å². The molecule has 0 radical (unpaired) electrons. The molecule has 0 aromatic heterocycles. The molecule has 44 heavy (non-hydrogen) atoms. The number of alkyl halides is 5. The summed E-state index contributed by atoms with van der Waals surface area (Å²) in [5.41, 5.74) is 0.864. The molecule has 1 amide bonds. The van der Waals surface area contributed by atoms with Crippen molar-refractivity contribution in [1.29, 1.82) is 0 Å². The lowest BCUT2D eigenvalue weighted by Gasteiger charge is -2.33. The van der Waals surface area contributed by atoms with E-state index in [9.17, 15) is 35.2 Å². The van der Waals surface area contributed by atoms with Gasteiger partial charge in [-0.05, 0) is 48.4 Å². The number of nitrogens with one attached hydrogen (secondary N) is 2. The molecule has 1 saturated heterocycles. The van der Waals surface area contributed by atoms with E-state index in [2.05, 4.69) is 10.0 Å². The normalized spacial score (nSPS) is 19.4. The Morgan fingerprint density at radius 3 is 2.55 bits per heavy atom. The van der Waals surface area contributed by atoms with Gasteiger partial charge in [0.1, 0.15) is 5.75 Å². The molecule has 13 heteroatoms. The van der Waals surface area contributed by atoms with E-state index in [1.54, 1.807) is 47.4 Å². The van der Waals surface area contributed by atoms with Crippen LogP contribution in [-0.4, -0.2) is 44.8 Å². The number of ether oxygens (including phenoxy) is 1. The summed E-state index contributed by atoms with van der Waals surface area (Å²) in [6.45, 7) is 0.914. The minimum absolute atomic E-state index is 0.115. The van der Waals surface area contributed by atoms with Crippen molar-refractivity contribution in [2.45, 2.75) is 61.3 Å². The standard InChI is InChI=1S/C31H32F5N3O4S/c32-30(33)13-5-14-39(20-30)19-21-10-11-25-26(12-15-43-28(25)16-21)37-29(40)18-27(22-6-2-1-3-7-22)38-44(41,42)24-9-4-8-23(17-24)31(34,35)36/h1-4,6-11,16-17,26-27,38H,5,12-15,18-20H2,(H,37,40)/t26-,27-/m1/s1. The fraction of sp³-hybridized carbons (Fsp3) is 0.387. The Morgan fingerprint density at radius 2 is 1.82 bits per heavy atom. The van der Waals surface area contributed by atoms with Gasteiger partial charge < -0.3 is 10.1 Å². The number of nitrogens with zero attached hydrogens (tertiary/aromatic N) is 1. The largest absolute Gasteiger partial charge is 0.493 e. The minimum Gasteiger partial charge on any atom is -0.493 e. The number of benzene rings is 3. The zero-order chi connectivity index (χ0) is 31.5. The fourth-order valence-corrected chi connectivity index (χ4v) is 6.84. The van der Waals surface area contributed by atoms with Crippen LogP contribution in [0.25, 0.3) is 0 Å². The SMILES string of the molecule is O=C(C[C@@H](NS(=O)(=O)c1cccc(C(F)(F)F)c1)c1ccccc1)N[C@@H]1CCOc2cc(CN3CCCC(F)(F)C3)ccc21. The van der Waals surface area contributed by atoms with E-state index in [-0.39, 0.29) is 19.4 Å². The second-order valence-electron chi connectivity index (χ2n) is 11.1. The lowest BCUT2D eigenvalue weighted by atomic mass is 9.97. The molecule has 0 aliphatic carbocycles. The first-order valence-corrected chi connectivity index (χ1v) is 15.7. The highest BCUT2D eigenvalue weighted by Crippen LogP contribution is 2.35. The van der Waals surface area contributed by atoms with Gasteiger partial charge in [-0.2, -0.15) is 13.2 Å². The molecular weight excluding hydrogens is 605 g/mol. The van der Waals surface area contributed by atoms with Crippen molar-refractivity contribution in [3.05, 3.63) is 95.1 Å². The van der Waals surface area contributed by atoms with Crippen molar-refractivity contribution in [2.24, 2.45) is 0 Å². The Bertz CT molecular complexity index is 1580. The van der Waals surface area contributed by atoms with Gasteiger partial charge in [0.25, 0.3) is 5.92 Å². The molecular formula is C31H32F5N3O4S. The number of hydrogen-bond donors (Lipinski definition) is 2. The molecule has 2 N–H and O–H groups in total. The molecule has 2 aliphatic rings. The van der Waals surface area contributed by atoms with Crippen LogP contribution in [0.1, 0.15) is 60.0 Å². The van der Waals surface area contributed by atoms with Crippen LogP contribution in [0.3, 0.4) is 0 Å². The molecule has 0 unspecified atom stereocenters. The third-order valence-electron chi connectivity index (χ3n) is 7.69.